The maximum Gasteiger partial charge on any atom is 0.344 e. The van der Waals surface area contributed by atoms with Crippen molar-refractivity contribution in [1.82, 2.24) is 9.55 Å². The van der Waals surface area contributed by atoms with Crippen LogP contribution < -0.4 is 14.2 Å². The molecule has 43 heavy (non-hydrogen) atoms. The summed E-state index contributed by atoms with van der Waals surface area (Å²) in [6.45, 7) is 4.48. The van der Waals surface area contributed by atoms with Gasteiger partial charge in [-0.3, -0.25) is 0 Å². The van der Waals surface area contributed by atoms with E-state index in [1.807, 2.05) is 91.9 Å². The first-order chi connectivity index (χ1) is 21.0. The van der Waals surface area contributed by atoms with Gasteiger partial charge in [0.1, 0.15) is 23.8 Å². The van der Waals surface area contributed by atoms with Crippen LogP contribution in [-0.4, -0.2) is 33.8 Å². The second-order valence-electron chi connectivity index (χ2n) is 10.3. The van der Waals surface area contributed by atoms with Gasteiger partial charge in [-0.15, -0.1) is 0 Å². The Bertz CT molecular complexity index is 1910. The summed E-state index contributed by atoms with van der Waals surface area (Å²) in [5.41, 5.74) is 4.62. The number of aryl methyl sites for hydroxylation is 1. The molecule has 8 nitrogen and oxygen atoms in total. The number of methoxy groups -OCH3 is 1. The molecule has 0 aliphatic heterocycles. The van der Waals surface area contributed by atoms with Gasteiger partial charge in [-0.1, -0.05) is 55.5 Å². The van der Waals surface area contributed by atoms with Gasteiger partial charge >= 0.3 is 5.97 Å². The number of rotatable bonds is 11. The number of aliphatic carboxylic acids is 1. The van der Waals surface area contributed by atoms with Crippen molar-refractivity contribution in [2.24, 2.45) is 0 Å². The minimum atomic E-state index is -0.979. The van der Waals surface area contributed by atoms with Gasteiger partial charge in [0.15, 0.2) is 17.6 Å². The standard InChI is InChI=1S/C35H32N2O6/c1-4-29(35(38)39)43-31-16-10-15-28-33(31)25-13-8-9-14-27(25)37(28)20-23-17-18-30(32(19-23)40-3)41-21-26-22(2)42-34(36-26)24-11-6-5-7-12-24/h5-19,29H,4,20-21H2,1-3H3,(H,38,39)/t29-/m0/s1. The molecular weight excluding hydrogens is 544 g/mol. The molecule has 8 heteroatoms. The van der Waals surface area contributed by atoms with Gasteiger partial charge in [0.2, 0.25) is 5.89 Å². The van der Waals surface area contributed by atoms with Crippen molar-refractivity contribution >= 4 is 27.8 Å². The third kappa shape index (κ3) is 5.51. The SMILES string of the molecule is CC[C@H](Oc1cccc2c1c1ccccc1n2Cc1ccc(OCc2nc(-c3ccccc3)oc2C)c(OC)c1)C(=O)O. The van der Waals surface area contributed by atoms with Crippen LogP contribution in [0.3, 0.4) is 0 Å². The van der Waals surface area contributed by atoms with Crippen molar-refractivity contribution in [1.29, 1.82) is 0 Å². The number of carbonyl (C=O) groups is 1. The third-order valence-electron chi connectivity index (χ3n) is 7.52. The summed E-state index contributed by atoms with van der Waals surface area (Å²) in [7, 11) is 1.62. The van der Waals surface area contributed by atoms with Crippen molar-refractivity contribution in [2.75, 3.05) is 7.11 Å². The molecule has 0 aliphatic rings. The normalized spacial score (nSPS) is 12.0. The monoisotopic (exact) mass is 576 g/mol. The van der Waals surface area contributed by atoms with Gasteiger partial charge < -0.3 is 28.3 Å². The van der Waals surface area contributed by atoms with E-state index >= 15 is 0 Å². The number of nitrogens with zero attached hydrogens (tertiary/aromatic N) is 2. The Hall–Kier alpha value is -5.24. The summed E-state index contributed by atoms with van der Waals surface area (Å²) in [6.07, 6.45) is -0.557. The number of hydrogen-bond acceptors (Lipinski definition) is 6. The maximum atomic E-state index is 11.7. The molecule has 1 N–H and O–H groups in total. The molecule has 0 unspecified atom stereocenters. The number of benzene rings is 4. The van der Waals surface area contributed by atoms with E-state index < -0.39 is 12.1 Å². The van der Waals surface area contributed by atoms with Crippen LogP contribution in [0.2, 0.25) is 0 Å². The van der Waals surface area contributed by atoms with Crippen LogP contribution in [0.15, 0.2) is 95.4 Å². The third-order valence-corrected chi connectivity index (χ3v) is 7.52. The Labute approximate surface area is 249 Å². The fourth-order valence-electron chi connectivity index (χ4n) is 5.32. The molecule has 0 bridgehead atoms. The van der Waals surface area contributed by atoms with Crippen molar-refractivity contribution < 1.29 is 28.5 Å². The minimum absolute atomic E-state index is 0.239. The first-order valence-corrected chi connectivity index (χ1v) is 14.2. The molecule has 6 rings (SSSR count). The minimum Gasteiger partial charge on any atom is -0.493 e. The zero-order valence-corrected chi connectivity index (χ0v) is 24.2. The van der Waals surface area contributed by atoms with E-state index in [9.17, 15) is 9.90 Å². The predicted octanol–water partition coefficient (Wildman–Crippen LogP) is 7.64. The number of fused-ring (bicyclic) bond motifs is 3. The molecule has 0 spiro atoms. The number of carboxylic acids is 1. The van der Waals surface area contributed by atoms with E-state index in [1.54, 1.807) is 14.0 Å². The highest BCUT2D eigenvalue weighted by molar-refractivity contribution is 6.11. The van der Waals surface area contributed by atoms with E-state index in [0.717, 1.165) is 38.6 Å². The molecule has 4 aromatic carbocycles. The average Bonchev–Trinajstić information content (AvgIpc) is 3.57. The van der Waals surface area contributed by atoms with Gasteiger partial charge in [-0.05, 0) is 61.4 Å². The Kier molecular flexibility index (Phi) is 7.75. The van der Waals surface area contributed by atoms with Crippen molar-refractivity contribution in [3.63, 3.8) is 0 Å². The lowest BCUT2D eigenvalue weighted by molar-refractivity contribution is -0.145. The first-order valence-electron chi connectivity index (χ1n) is 14.2. The number of ether oxygens (including phenoxy) is 3. The summed E-state index contributed by atoms with van der Waals surface area (Å²) in [5, 5.41) is 11.5. The Morgan fingerprint density at radius 3 is 2.47 bits per heavy atom. The van der Waals surface area contributed by atoms with Gasteiger partial charge in [0, 0.05) is 28.4 Å². The number of para-hydroxylation sites is 1. The highest BCUT2D eigenvalue weighted by Crippen LogP contribution is 2.37. The number of oxazole rings is 1. The summed E-state index contributed by atoms with van der Waals surface area (Å²) < 4.78 is 25.9. The molecule has 2 heterocycles. The zero-order chi connectivity index (χ0) is 29.9. The lowest BCUT2D eigenvalue weighted by atomic mass is 10.1. The lowest BCUT2D eigenvalue weighted by Gasteiger charge is -2.15. The summed E-state index contributed by atoms with van der Waals surface area (Å²) in [4.78, 5) is 16.3. The van der Waals surface area contributed by atoms with Crippen molar-refractivity contribution in [3.05, 3.63) is 108 Å². The van der Waals surface area contributed by atoms with E-state index in [-0.39, 0.29) is 6.61 Å². The smallest absolute Gasteiger partial charge is 0.344 e. The highest BCUT2D eigenvalue weighted by Gasteiger charge is 2.21. The van der Waals surface area contributed by atoms with Crippen molar-refractivity contribution in [2.45, 2.75) is 39.5 Å². The first kappa shape index (κ1) is 27.9. The van der Waals surface area contributed by atoms with E-state index in [1.165, 1.54) is 0 Å². The van der Waals surface area contributed by atoms with Crippen LogP contribution in [0.25, 0.3) is 33.3 Å². The molecule has 0 saturated carbocycles. The van der Waals surface area contributed by atoms with Gasteiger partial charge in [-0.25, -0.2) is 9.78 Å². The molecule has 1 atom stereocenters. The molecule has 218 valence electrons. The quantitative estimate of drug-likeness (QED) is 0.169. The molecule has 0 aliphatic carbocycles. The molecule has 2 aromatic heterocycles. The molecule has 0 amide bonds. The Morgan fingerprint density at radius 1 is 0.930 bits per heavy atom. The summed E-state index contributed by atoms with van der Waals surface area (Å²) in [5.74, 6) is 2.06. The van der Waals surface area contributed by atoms with Crippen LogP contribution in [0.4, 0.5) is 0 Å². The summed E-state index contributed by atoms with van der Waals surface area (Å²) in [6, 6.07) is 29.5. The molecular formula is C35H32N2O6. The number of aromatic nitrogens is 2. The van der Waals surface area contributed by atoms with E-state index in [0.29, 0.717) is 41.9 Å². The maximum absolute atomic E-state index is 11.7. The fraction of sp³-hybridized carbons (Fsp3) is 0.200. The van der Waals surface area contributed by atoms with Crippen LogP contribution in [-0.2, 0) is 17.9 Å². The Morgan fingerprint density at radius 2 is 1.70 bits per heavy atom. The van der Waals surface area contributed by atoms with Crippen LogP contribution in [0.1, 0.15) is 30.4 Å². The molecule has 0 fully saturated rings. The average molecular weight is 577 g/mol. The van der Waals surface area contributed by atoms with E-state index in [2.05, 4.69) is 15.6 Å². The second kappa shape index (κ2) is 11.9. The van der Waals surface area contributed by atoms with E-state index in [4.69, 9.17) is 18.6 Å². The van der Waals surface area contributed by atoms with Crippen LogP contribution >= 0.6 is 0 Å². The predicted molar refractivity (Wildman–Crippen MR) is 165 cm³/mol. The van der Waals surface area contributed by atoms with Gasteiger partial charge in [0.25, 0.3) is 0 Å². The zero-order valence-electron chi connectivity index (χ0n) is 24.2. The lowest BCUT2D eigenvalue weighted by Crippen LogP contribution is -2.25. The van der Waals surface area contributed by atoms with Crippen LogP contribution in [0.5, 0.6) is 17.2 Å². The molecule has 6 aromatic rings. The summed E-state index contributed by atoms with van der Waals surface area (Å²) >= 11 is 0. The molecule has 0 radical (unpaired) electrons. The van der Waals surface area contributed by atoms with Gasteiger partial charge in [0.05, 0.1) is 12.6 Å². The largest absolute Gasteiger partial charge is 0.493 e. The number of hydrogen-bond donors (Lipinski definition) is 1. The van der Waals surface area contributed by atoms with Crippen LogP contribution in [0, 0.1) is 6.92 Å². The van der Waals surface area contributed by atoms with Crippen molar-refractivity contribution in [3.8, 4) is 28.7 Å². The molecule has 0 saturated heterocycles. The highest BCUT2D eigenvalue weighted by atomic mass is 16.5. The van der Waals surface area contributed by atoms with Gasteiger partial charge in [-0.2, -0.15) is 0 Å². The fourth-order valence-corrected chi connectivity index (χ4v) is 5.32. The topological polar surface area (TPSA) is 96.0 Å². The Balaban J connectivity index is 1.28. The number of carboxylic acid groups (broad SMARTS) is 1. The second-order valence-corrected chi connectivity index (χ2v) is 10.3.